The van der Waals surface area contributed by atoms with Crippen LogP contribution in [0.3, 0.4) is 0 Å². The van der Waals surface area contributed by atoms with Gasteiger partial charge < -0.3 is 25.1 Å². The van der Waals surface area contributed by atoms with Gasteiger partial charge in [0.15, 0.2) is 0 Å². The van der Waals surface area contributed by atoms with Crippen LogP contribution in [0.2, 0.25) is 0 Å². The largest absolute Gasteiger partial charge is 3.00 e. The van der Waals surface area contributed by atoms with Gasteiger partial charge in [0.2, 0.25) is 10.0 Å². The molecule has 0 fully saturated rings. The van der Waals surface area contributed by atoms with E-state index in [2.05, 4.69) is 25.2 Å². The molecule has 2 aliphatic carbocycles. The molecule has 0 radical (unpaired) electrons. The molecule has 0 aromatic heterocycles. The van der Waals surface area contributed by atoms with Crippen LogP contribution in [-0.4, -0.2) is 49.2 Å². The molecule has 4 aromatic rings. The van der Waals surface area contributed by atoms with Crippen LogP contribution in [0, 0.1) is 25.6 Å². The molecular weight excluding hydrogens is 867 g/mol. The molecule has 288 valence electrons. The van der Waals surface area contributed by atoms with Crippen molar-refractivity contribution in [2.45, 2.75) is 4.90 Å². The van der Waals surface area contributed by atoms with E-state index in [9.17, 15) is 47.6 Å². The van der Waals surface area contributed by atoms with E-state index in [1.165, 1.54) is 61.7 Å². The zero-order chi connectivity index (χ0) is 40.2. The van der Waals surface area contributed by atoms with Crippen LogP contribution in [0.15, 0.2) is 139 Å². The summed E-state index contributed by atoms with van der Waals surface area (Å²) in [5.74, 6) is -1.37. The molecule has 0 saturated carbocycles. The molecule has 0 heterocycles. The van der Waals surface area contributed by atoms with Gasteiger partial charge in [0.05, 0.1) is 37.5 Å². The average molecular weight is 891 g/mol. The summed E-state index contributed by atoms with van der Waals surface area (Å²) in [5, 5.41) is 69.5. The second-order valence-corrected chi connectivity index (χ2v) is 14.4. The van der Waals surface area contributed by atoms with Crippen molar-refractivity contribution in [3.05, 3.63) is 140 Å². The number of fused-ring (bicyclic) bond motifs is 2. The smallest absolute Gasteiger partial charge is 0.871 e. The van der Waals surface area contributed by atoms with Gasteiger partial charge in [0, 0.05) is 50.2 Å². The minimum Gasteiger partial charge on any atom is -0.871 e. The first kappa shape index (κ1) is 49.7. The Kier molecular flexibility index (Phi) is 17.5. The number of nitrogens with zero attached hydrogens (tertiary/aromatic N) is 6. The molecule has 4 aromatic carbocycles. The number of nitro benzene ring substituents is 2. The predicted octanol–water partition coefficient (Wildman–Crippen LogP) is -0.0135. The fraction of sp³-hybridized carbons (Fsp3) is 0.0303. The summed E-state index contributed by atoms with van der Waals surface area (Å²) in [4.78, 5) is 19.7. The molecule has 4 N–H and O–H groups in total. The van der Waals surface area contributed by atoms with E-state index >= 15 is 0 Å². The van der Waals surface area contributed by atoms with Crippen LogP contribution in [0.25, 0.3) is 16.5 Å². The molecule has 20 nitrogen and oxygen atoms in total. The van der Waals surface area contributed by atoms with Crippen LogP contribution < -0.4 is 74.0 Å². The Morgan fingerprint density at radius 2 is 1.34 bits per heavy atom. The molecule has 0 spiro atoms. The number of hydrogen-bond acceptors (Lipinski definition) is 15. The maximum absolute atomic E-state index is 11.9. The van der Waals surface area contributed by atoms with Crippen molar-refractivity contribution < 1.29 is 118 Å². The molecule has 2 aliphatic rings. The van der Waals surface area contributed by atoms with Gasteiger partial charge in [0.25, 0.3) is 11.4 Å². The van der Waals surface area contributed by atoms with Crippen molar-refractivity contribution in [3.63, 3.8) is 0 Å². The van der Waals surface area contributed by atoms with Gasteiger partial charge in [-0.25, -0.2) is 13.1 Å². The third-order valence-electron chi connectivity index (χ3n) is 7.63. The summed E-state index contributed by atoms with van der Waals surface area (Å²) in [5.41, 5.74) is 8.02. The van der Waals surface area contributed by atoms with E-state index in [4.69, 9.17) is 15.7 Å². The first-order chi connectivity index (χ1) is 25.9. The summed E-state index contributed by atoms with van der Waals surface area (Å²) >= 11 is 0. The molecule has 0 aliphatic heterocycles. The summed E-state index contributed by atoms with van der Waals surface area (Å²) in [6, 6.07) is 13.5. The molecule has 25 heteroatoms. The molecular formula is C33H23CoN9Na2O11S2+. The molecule has 1 atom stereocenters. The zero-order valence-electron chi connectivity index (χ0n) is 30.1. The number of hydrogen-bond donors (Lipinski definition) is 3. The Balaban J connectivity index is 0.000000381. The Labute approximate surface area is 383 Å². The fourth-order valence-corrected chi connectivity index (χ4v) is 6.13. The standard InChI is InChI=1S/C17H14N5O5S.C16H12N4O6S.Co.2Na/c1-19-28(26,27)12-4-5-13-10(8-12)2-6-14(18)17(13)21-20-15-7-3-11(22(24)25)9-16(15)23;17-13-5-1-9-7-11(27(24,25)26)3-4-12(9)16(13)19-18-14-6-2-10(20(22)23)8-15(14)21;;;/h2-9,19H,1H3,(H2-,18,20,21,23);1-8,17,21H,(H2,24,25,26);;;/q-1;;+3;2*+1/p-3. The van der Waals surface area contributed by atoms with E-state index in [0.29, 0.717) is 21.9 Å². The number of allylic oxidation sites excluding steroid dienone is 7. The number of nitrogens with one attached hydrogen (secondary N) is 3. The van der Waals surface area contributed by atoms with Gasteiger partial charge in [0.1, 0.15) is 5.70 Å². The Bertz CT molecular complexity index is 2760. The van der Waals surface area contributed by atoms with Crippen LogP contribution in [0.4, 0.5) is 34.1 Å². The normalized spacial score (nSPS) is 14.4. The first-order valence-corrected chi connectivity index (χ1v) is 18.0. The van der Waals surface area contributed by atoms with Gasteiger partial charge in [-0.15, -0.1) is 10.8 Å². The number of azo groups is 2. The number of rotatable bonds is 8. The topological polar surface area (TPSA) is 336 Å². The minimum absolute atomic E-state index is 0. The Morgan fingerprint density at radius 3 is 1.86 bits per heavy atom. The van der Waals surface area contributed by atoms with Gasteiger partial charge in [-0.3, -0.25) is 29.8 Å². The van der Waals surface area contributed by atoms with Crippen molar-refractivity contribution in [2.24, 2.45) is 20.5 Å². The van der Waals surface area contributed by atoms with Crippen LogP contribution in [0.5, 0.6) is 11.5 Å². The van der Waals surface area contributed by atoms with Crippen LogP contribution in [-0.2, 0) is 36.9 Å². The van der Waals surface area contributed by atoms with E-state index in [-0.39, 0.29) is 131 Å². The number of sulfonamides is 1. The molecule has 0 bridgehead atoms. The third-order valence-corrected chi connectivity index (χ3v) is 9.89. The first-order valence-electron chi connectivity index (χ1n) is 15.1. The van der Waals surface area contributed by atoms with E-state index in [1.54, 1.807) is 6.07 Å². The van der Waals surface area contributed by atoms with Gasteiger partial charge in [-0.2, -0.15) is 15.3 Å². The second kappa shape index (κ2) is 20.5. The maximum Gasteiger partial charge on any atom is 3.00 e. The summed E-state index contributed by atoms with van der Waals surface area (Å²) < 4.78 is 57.7. The maximum atomic E-state index is 11.9. The van der Waals surface area contributed by atoms with E-state index < -0.39 is 41.5 Å². The molecule has 1 unspecified atom stereocenters. The number of nitro groups is 2. The van der Waals surface area contributed by atoms with Crippen LogP contribution >= 0.6 is 0 Å². The monoisotopic (exact) mass is 890 g/mol. The van der Waals surface area contributed by atoms with Crippen molar-refractivity contribution in [3.8, 4) is 11.5 Å². The van der Waals surface area contributed by atoms with Crippen LogP contribution in [0.1, 0.15) is 0 Å². The molecule has 58 heavy (non-hydrogen) atoms. The van der Waals surface area contributed by atoms with Crippen molar-refractivity contribution in [1.82, 2.24) is 4.72 Å². The van der Waals surface area contributed by atoms with E-state index in [0.717, 1.165) is 36.4 Å². The average Bonchev–Trinajstić information content (AvgIpc) is 3.14. The number of benzene rings is 4. The predicted molar refractivity (Wildman–Crippen MR) is 196 cm³/mol. The zero-order valence-corrected chi connectivity index (χ0v) is 36.8. The van der Waals surface area contributed by atoms with Crippen molar-refractivity contribution in [1.29, 1.82) is 5.41 Å². The minimum atomic E-state index is -4.39. The summed E-state index contributed by atoms with van der Waals surface area (Å²) in [6.07, 6.45) is 6.57. The quantitative estimate of drug-likeness (QED) is 0.0694. The molecule has 0 amide bonds. The summed E-state index contributed by atoms with van der Waals surface area (Å²) in [6.45, 7) is 0. The van der Waals surface area contributed by atoms with Crippen molar-refractivity contribution in [2.75, 3.05) is 7.05 Å². The third kappa shape index (κ3) is 11.6. The number of non-ortho nitro benzene ring substituents is 2. The van der Waals surface area contributed by atoms with Gasteiger partial charge >= 0.3 is 75.9 Å². The molecule has 0 saturated heterocycles. The van der Waals surface area contributed by atoms with Gasteiger partial charge in [-0.05, 0) is 60.5 Å². The van der Waals surface area contributed by atoms with Gasteiger partial charge in [-0.1, -0.05) is 41.9 Å². The second-order valence-electron chi connectivity index (χ2n) is 11.1. The molecule has 6 rings (SSSR count). The van der Waals surface area contributed by atoms with E-state index in [1.807, 2.05) is 0 Å². The Hall–Kier alpha value is -4.47. The van der Waals surface area contributed by atoms with Crippen molar-refractivity contribution >= 4 is 75.6 Å². The SMILES string of the molecule is CNS(=O)(=O)c1ccc2c(N=Nc3ccc([N+](=O)[O-])cc3[O-])c([NH-])ccc2c1.N=C1C=CC2=CC(=S(=O)([O-])O)C=CC2=C1N=Nc1ccc([N+](=O)[O-])cc1[O-].[Co+3].[Na+].[Na+]. The summed E-state index contributed by atoms with van der Waals surface area (Å²) in [7, 11) is -6.72. The fourth-order valence-electron chi connectivity index (χ4n) is 4.85. The Morgan fingerprint density at radius 1 is 0.776 bits per heavy atom.